The van der Waals surface area contributed by atoms with Gasteiger partial charge in [-0.1, -0.05) is 18.2 Å². The Bertz CT molecular complexity index is 741. The van der Waals surface area contributed by atoms with E-state index >= 15 is 0 Å². The van der Waals surface area contributed by atoms with Gasteiger partial charge in [0.1, 0.15) is 0 Å². The maximum absolute atomic E-state index is 12.3. The van der Waals surface area contributed by atoms with Gasteiger partial charge in [-0.25, -0.2) is 4.68 Å². The van der Waals surface area contributed by atoms with Gasteiger partial charge in [0, 0.05) is 30.4 Å². The Balaban J connectivity index is 1.78. The van der Waals surface area contributed by atoms with Crippen LogP contribution in [0.15, 0.2) is 36.4 Å². The van der Waals surface area contributed by atoms with Gasteiger partial charge in [-0.3, -0.25) is 4.79 Å². The lowest BCUT2D eigenvalue weighted by Gasteiger charge is -2.28. The lowest BCUT2D eigenvalue weighted by molar-refractivity contribution is -0.127. The van der Waals surface area contributed by atoms with Crippen molar-refractivity contribution in [2.45, 2.75) is 32.8 Å². The quantitative estimate of drug-likeness (QED) is 0.882. The molecule has 2 aromatic rings. The third-order valence-electron chi connectivity index (χ3n) is 4.52. The Morgan fingerprint density at radius 2 is 1.88 bits per heavy atom. The van der Waals surface area contributed by atoms with Crippen LogP contribution in [0.3, 0.4) is 0 Å². The van der Waals surface area contributed by atoms with E-state index in [0.717, 1.165) is 22.6 Å². The molecule has 3 rings (SSSR count). The monoisotopic (exact) mass is 325 g/mol. The minimum Gasteiger partial charge on any atom is -0.393 e. The molecule has 1 N–H and O–H groups in total. The topological polar surface area (TPSA) is 58.4 Å². The Labute approximate surface area is 142 Å². The molecule has 0 unspecified atom stereocenters. The minimum absolute atomic E-state index is 0.00633. The van der Waals surface area contributed by atoms with Gasteiger partial charge in [-0.05, 0) is 44.9 Å². The lowest BCUT2D eigenvalue weighted by atomic mass is 10.1. The van der Waals surface area contributed by atoms with E-state index in [1.807, 2.05) is 54.9 Å². The van der Waals surface area contributed by atoms with Gasteiger partial charge in [0.2, 0.25) is 5.91 Å². The summed E-state index contributed by atoms with van der Waals surface area (Å²) in [6.45, 7) is 5.19. The zero-order valence-corrected chi connectivity index (χ0v) is 14.1. The van der Waals surface area contributed by atoms with Crippen LogP contribution in [-0.2, 0) is 4.79 Å². The number of para-hydroxylation sites is 1. The molecule has 0 saturated carbocycles. The average Bonchev–Trinajstić information content (AvgIpc) is 2.88. The van der Waals surface area contributed by atoms with Crippen molar-refractivity contribution in [3.05, 3.63) is 53.4 Å². The Hall–Kier alpha value is -2.40. The number of aliphatic hydroxyl groups is 1. The second-order valence-electron chi connectivity index (χ2n) is 6.22. The number of piperidine rings is 1. The van der Waals surface area contributed by atoms with Crippen molar-refractivity contribution >= 4 is 12.0 Å². The largest absolute Gasteiger partial charge is 0.393 e. The second kappa shape index (κ2) is 7.01. The molecule has 5 nitrogen and oxygen atoms in total. The van der Waals surface area contributed by atoms with Gasteiger partial charge in [0.15, 0.2) is 0 Å². The number of carbonyl (C=O) groups excluding carboxylic acids is 1. The fourth-order valence-corrected chi connectivity index (χ4v) is 3.06. The van der Waals surface area contributed by atoms with E-state index in [9.17, 15) is 9.90 Å². The molecule has 0 bridgehead atoms. The van der Waals surface area contributed by atoms with Crippen LogP contribution in [0.1, 0.15) is 29.8 Å². The molecule has 1 aromatic carbocycles. The molecule has 1 aliphatic heterocycles. The molecule has 126 valence electrons. The SMILES string of the molecule is Cc1nn(-c2ccccc2)c(C)c1/C=C/C(=O)N1CCC(O)CC1. The summed E-state index contributed by atoms with van der Waals surface area (Å²) in [6.07, 6.45) is 4.51. The predicted octanol–water partition coefficient (Wildman–Crippen LogP) is 2.49. The minimum atomic E-state index is -0.272. The number of benzene rings is 1. The number of amides is 1. The second-order valence-corrected chi connectivity index (χ2v) is 6.22. The lowest BCUT2D eigenvalue weighted by Crippen LogP contribution is -2.39. The molecular formula is C19H23N3O2. The summed E-state index contributed by atoms with van der Waals surface area (Å²) in [6, 6.07) is 9.96. The van der Waals surface area contributed by atoms with Crippen LogP contribution in [0.25, 0.3) is 11.8 Å². The number of hydrogen-bond acceptors (Lipinski definition) is 3. The number of rotatable bonds is 3. The maximum Gasteiger partial charge on any atom is 0.246 e. The molecule has 1 aromatic heterocycles. The van der Waals surface area contributed by atoms with Crippen LogP contribution in [0, 0.1) is 13.8 Å². The van der Waals surface area contributed by atoms with Crippen LogP contribution in [0.4, 0.5) is 0 Å². The molecule has 0 aliphatic carbocycles. The number of carbonyl (C=O) groups is 1. The third kappa shape index (κ3) is 3.41. The number of nitrogens with zero attached hydrogens (tertiary/aromatic N) is 3. The van der Waals surface area contributed by atoms with Crippen LogP contribution in [-0.4, -0.2) is 44.9 Å². The smallest absolute Gasteiger partial charge is 0.246 e. The highest BCUT2D eigenvalue weighted by Gasteiger charge is 2.19. The van der Waals surface area contributed by atoms with E-state index in [4.69, 9.17) is 0 Å². The summed E-state index contributed by atoms with van der Waals surface area (Å²) < 4.78 is 1.90. The fraction of sp³-hybridized carbons (Fsp3) is 0.368. The Morgan fingerprint density at radius 3 is 2.54 bits per heavy atom. The normalized spacial score (nSPS) is 16.0. The molecule has 0 spiro atoms. The first kappa shape index (κ1) is 16.5. The molecule has 24 heavy (non-hydrogen) atoms. The van der Waals surface area contributed by atoms with Crippen molar-refractivity contribution in [3.8, 4) is 5.69 Å². The number of hydrogen-bond donors (Lipinski definition) is 1. The fourth-order valence-electron chi connectivity index (χ4n) is 3.06. The molecule has 1 amide bonds. The molecule has 5 heteroatoms. The third-order valence-corrected chi connectivity index (χ3v) is 4.52. The summed E-state index contributed by atoms with van der Waals surface area (Å²) >= 11 is 0. The van der Waals surface area contributed by atoms with Crippen molar-refractivity contribution in [3.63, 3.8) is 0 Å². The van der Waals surface area contributed by atoms with Gasteiger partial charge in [0.05, 0.1) is 17.5 Å². The molecule has 0 radical (unpaired) electrons. The van der Waals surface area contributed by atoms with Crippen molar-refractivity contribution in [2.75, 3.05) is 13.1 Å². The Morgan fingerprint density at radius 1 is 1.21 bits per heavy atom. The number of aryl methyl sites for hydroxylation is 1. The van der Waals surface area contributed by atoms with Crippen molar-refractivity contribution in [1.82, 2.24) is 14.7 Å². The van der Waals surface area contributed by atoms with E-state index < -0.39 is 0 Å². The van der Waals surface area contributed by atoms with Crippen LogP contribution in [0.5, 0.6) is 0 Å². The summed E-state index contributed by atoms with van der Waals surface area (Å²) in [7, 11) is 0. The highest BCUT2D eigenvalue weighted by Crippen LogP contribution is 2.19. The van der Waals surface area contributed by atoms with E-state index in [0.29, 0.717) is 25.9 Å². The van der Waals surface area contributed by atoms with Crippen molar-refractivity contribution < 1.29 is 9.90 Å². The van der Waals surface area contributed by atoms with Gasteiger partial charge in [-0.2, -0.15) is 5.10 Å². The number of aromatic nitrogens is 2. The standard InChI is InChI=1S/C19H23N3O2/c1-14-18(8-9-19(24)21-12-10-17(23)11-13-21)15(2)22(20-14)16-6-4-3-5-7-16/h3-9,17,23H,10-13H2,1-2H3/b9-8+. The molecular weight excluding hydrogens is 302 g/mol. The number of likely N-dealkylation sites (tertiary alicyclic amines) is 1. The van der Waals surface area contributed by atoms with Crippen LogP contribution >= 0.6 is 0 Å². The van der Waals surface area contributed by atoms with Crippen molar-refractivity contribution in [1.29, 1.82) is 0 Å². The zero-order valence-electron chi connectivity index (χ0n) is 14.1. The van der Waals surface area contributed by atoms with Crippen molar-refractivity contribution in [2.24, 2.45) is 0 Å². The number of aliphatic hydroxyl groups excluding tert-OH is 1. The van der Waals surface area contributed by atoms with E-state index in [-0.39, 0.29) is 12.0 Å². The summed E-state index contributed by atoms with van der Waals surface area (Å²) in [4.78, 5) is 14.1. The summed E-state index contributed by atoms with van der Waals surface area (Å²) in [5.74, 6) is -0.00633. The molecule has 0 atom stereocenters. The van der Waals surface area contributed by atoms with Gasteiger partial charge in [-0.15, -0.1) is 0 Å². The zero-order chi connectivity index (χ0) is 17.1. The average molecular weight is 325 g/mol. The highest BCUT2D eigenvalue weighted by atomic mass is 16.3. The molecule has 1 aliphatic rings. The van der Waals surface area contributed by atoms with E-state index in [1.54, 1.807) is 11.0 Å². The summed E-state index contributed by atoms with van der Waals surface area (Å²) in [5, 5.41) is 14.1. The van der Waals surface area contributed by atoms with Gasteiger partial charge < -0.3 is 10.0 Å². The maximum atomic E-state index is 12.3. The van der Waals surface area contributed by atoms with Gasteiger partial charge in [0.25, 0.3) is 0 Å². The first-order chi connectivity index (χ1) is 11.6. The molecule has 2 heterocycles. The molecule has 1 fully saturated rings. The van der Waals surface area contributed by atoms with Gasteiger partial charge >= 0.3 is 0 Å². The molecule has 1 saturated heterocycles. The Kier molecular flexibility index (Phi) is 4.81. The predicted molar refractivity (Wildman–Crippen MR) is 93.9 cm³/mol. The van der Waals surface area contributed by atoms with Crippen LogP contribution < -0.4 is 0 Å². The first-order valence-corrected chi connectivity index (χ1v) is 8.33. The van der Waals surface area contributed by atoms with E-state index in [1.165, 1.54) is 0 Å². The summed E-state index contributed by atoms with van der Waals surface area (Å²) in [5.41, 5.74) is 3.89. The highest BCUT2D eigenvalue weighted by molar-refractivity contribution is 5.92. The van der Waals surface area contributed by atoms with Crippen LogP contribution in [0.2, 0.25) is 0 Å². The first-order valence-electron chi connectivity index (χ1n) is 8.33. The van der Waals surface area contributed by atoms with E-state index in [2.05, 4.69) is 5.10 Å².